The first-order valence-corrected chi connectivity index (χ1v) is 6.04. The molecule has 4 heteroatoms. The van der Waals surface area contributed by atoms with Gasteiger partial charge in [-0.15, -0.1) is 0 Å². The fraction of sp³-hybridized carbons (Fsp3) is 0.286. The first kappa shape index (κ1) is 11.0. The number of fused-ring (bicyclic) bond motifs is 1. The van der Waals surface area contributed by atoms with E-state index in [0.29, 0.717) is 5.92 Å². The molecule has 3 rings (SSSR count). The molecule has 18 heavy (non-hydrogen) atoms. The van der Waals surface area contributed by atoms with Crippen molar-refractivity contribution in [2.24, 2.45) is 0 Å². The Morgan fingerprint density at radius 1 is 1.22 bits per heavy atom. The van der Waals surface area contributed by atoms with Crippen LogP contribution in [-0.4, -0.2) is 14.5 Å². The van der Waals surface area contributed by atoms with Gasteiger partial charge in [-0.1, -0.05) is 19.9 Å². The van der Waals surface area contributed by atoms with Crippen LogP contribution in [0, 0.1) is 6.92 Å². The molecule has 0 N–H and O–H groups in total. The predicted octanol–water partition coefficient (Wildman–Crippen LogP) is 3.45. The minimum absolute atomic E-state index is 0.427. The number of benzene rings is 1. The number of aryl methyl sites for hydroxylation is 1. The molecule has 0 spiro atoms. The van der Waals surface area contributed by atoms with E-state index in [1.807, 2.05) is 17.7 Å². The Bertz CT molecular complexity index is 694. The molecule has 0 aliphatic rings. The van der Waals surface area contributed by atoms with Gasteiger partial charge in [0, 0.05) is 6.20 Å². The maximum Gasteiger partial charge on any atom is 0.182 e. The lowest BCUT2D eigenvalue weighted by atomic mass is 10.0. The number of hydrogen-bond acceptors (Lipinski definition) is 3. The van der Waals surface area contributed by atoms with E-state index in [9.17, 15) is 0 Å². The van der Waals surface area contributed by atoms with E-state index >= 15 is 0 Å². The maximum atomic E-state index is 5.54. The van der Waals surface area contributed by atoms with E-state index in [2.05, 4.69) is 35.9 Å². The fourth-order valence-electron chi connectivity index (χ4n) is 2.18. The van der Waals surface area contributed by atoms with Crippen LogP contribution in [0.15, 0.2) is 35.5 Å². The Kier molecular flexibility index (Phi) is 2.44. The van der Waals surface area contributed by atoms with Crippen LogP contribution < -0.4 is 0 Å². The summed E-state index contributed by atoms with van der Waals surface area (Å²) in [6.45, 7) is 6.28. The molecule has 92 valence electrons. The topological polar surface area (TPSA) is 43.9 Å². The molecule has 1 aromatic carbocycles. The molecule has 0 bridgehead atoms. The van der Waals surface area contributed by atoms with Crippen molar-refractivity contribution in [2.45, 2.75) is 26.7 Å². The van der Waals surface area contributed by atoms with Crippen molar-refractivity contribution >= 4 is 11.1 Å². The third-order valence-corrected chi connectivity index (χ3v) is 3.11. The monoisotopic (exact) mass is 241 g/mol. The average Bonchev–Trinajstić information content (AvgIpc) is 2.95. The molecule has 0 saturated carbocycles. The Morgan fingerprint density at radius 2 is 2.06 bits per heavy atom. The van der Waals surface area contributed by atoms with E-state index in [1.54, 1.807) is 6.33 Å². The first-order chi connectivity index (χ1) is 8.66. The van der Waals surface area contributed by atoms with Crippen LogP contribution in [0.4, 0.5) is 0 Å². The lowest BCUT2D eigenvalue weighted by Crippen LogP contribution is -1.95. The van der Waals surface area contributed by atoms with Crippen LogP contribution in [0.5, 0.6) is 0 Å². The first-order valence-electron chi connectivity index (χ1n) is 6.04. The van der Waals surface area contributed by atoms with Gasteiger partial charge in [0.2, 0.25) is 0 Å². The Hall–Kier alpha value is -2.10. The standard InChI is InChI=1S/C14H15N3O/c1-9(2)11-4-5-12(14-13(11)16-8-18-14)17-6-10(3)15-7-17/h4-9H,1-3H3. The van der Waals surface area contributed by atoms with Crippen molar-refractivity contribution in [3.8, 4) is 5.69 Å². The zero-order chi connectivity index (χ0) is 12.7. The fourth-order valence-corrected chi connectivity index (χ4v) is 2.18. The van der Waals surface area contributed by atoms with Gasteiger partial charge in [0.25, 0.3) is 0 Å². The lowest BCUT2D eigenvalue weighted by Gasteiger charge is -2.08. The van der Waals surface area contributed by atoms with E-state index < -0.39 is 0 Å². The molecule has 0 atom stereocenters. The van der Waals surface area contributed by atoms with Crippen molar-refractivity contribution in [1.82, 2.24) is 14.5 Å². The largest absolute Gasteiger partial charge is 0.441 e. The van der Waals surface area contributed by atoms with Crippen LogP contribution in [0.1, 0.15) is 31.0 Å². The second-order valence-corrected chi connectivity index (χ2v) is 4.78. The van der Waals surface area contributed by atoms with Crippen molar-refractivity contribution < 1.29 is 4.42 Å². The van der Waals surface area contributed by atoms with Gasteiger partial charge in [-0.2, -0.15) is 0 Å². The summed E-state index contributed by atoms with van der Waals surface area (Å²) < 4.78 is 7.51. The highest BCUT2D eigenvalue weighted by molar-refractivity contribution is 5.84. The van der Waals surface area contributed by atoms with E-state index in [1.165, 1.54) is 12.0 Å². The van der Waals surface area contributed by atoms with Crippen LogP contribution in [0.3, 0.4) is 0 Å². The molecule has 4 nitrogen and oxygen atoms in total. The highest BCUT2D eigenvalue weighted by Gasteiger charge is 2.13. The number of aromatic nitrogens is 3. The molecule has 0 radical (unpaired) electrons. The molecule has 0 amide bonds. The lowest BCUT2D eigenvalue weighted by molar-refractivity contribution is 0.599. The van der Waals surface area contributed by atoms with Gasteiger partial charge in [-0.05, 0) is 24.5 Å². The summed E-state index contributed by atoms with van der Waals surface area (Å²) in [7, 11) is 0. The molecular weight excluding hydrogens is 226 g/mol. The van der Waals surface area contributed by atoms with E-state index in [0.717, 1.165) is 22.5 Å². The van der Waals surface area contributed by atoms with Crippen LogP contribution in [-0.2, 0) is 0 Å². The second-order valence-electron chi connectivity index (χ2n) is 4.78. The van der Waals surface area contributed by atoms with Gasteiger partial charge in [0.15, 0.2) is 12.0 Å². The van der Waals surface area contributed by atoms with Gasteiger partial charge in [0.05, 0.1) is 17.7 Å². The molecule has 0 fully saturated rings. The third-order valence-electron chi connectivity index (χ3n) is 3.11. The van der Waals surface area contributed by atoms with Gasteiger partial charge in [-0.25, -0.2) is 9.97 Å². The average molecular weight is 241 g/mol. The smallest absolute Gasteiger partial charge is 0.182 e. The SMILES string of the molecule is Cc1cn(-c2ccc(C(C)C)c3ncoc23)cn1. The number of oxazole rings is 1. The summed E-state index contributed by atoms with van der Waals surface area (Å²) in [5, 5.41) is 0. The van der Waals surface area contributed by atoms with Crippen LogP contribution >= 0.6 is 0 Å². The van der Waals surface area contributed by atoms with Gasteiger partial charge in [-0.3, -0.25) is 0 Å². The number of nitrogens with zero attached hydrogens (tertiary/aromatic N) is 3. The molecule has 2 aromatic heterocycles. The van der Waals surface area contributed by atoms with Gasteiger partial charge >= 0.3 is 0 Å². The normalized spacial score (nSPS) is 11.6. The predicted molar refractivity (Wildman–Crippen MR) is 70.0 cm³/mol. The zero-order valence-corrected chi connectivity index (χ0v) is 10.7. The van der Waals surface area contributed by atoms with Crippen LogP contribution in [0.2, 0.25) is 0 Å². The number of rotatable bonds is 2. The Labute approximate surface area is 105 Å². The molecule has 0 aliphatic heterocycles. The molecule has 0 aliphatic carbocycles. The van der Waals surface area contributed by atoms with E-state index in [4.69, 9.17) is 4.42 Å². The molecule has 2 heterocycles. The summed E-state index contributed by atoms with van der Waals surface area (Å²) in [6.07, 6.45) is 5.28. The summed E-state index contributed by atoms with van der Waals surface area (Å²) in [4.78, 5) is 8.58. The van der Waals surface area contributed by atoms with E-state index in [-0.39, 0.29) is 0 Å². The summed E-state index contributed by atoms with van der Waals surface area (Å²) in [6, 6.07) is 4.17. The Morgan fingerprint density at radius 3 is 2.72 bits per heavy atom. The maximum absolute atomic E-state index is 5.54. The van der Waals surface area contributed by atoms with Gasteiger partial charge in [0.1, 0.15) is 5.52 Å². The molecular formula is C14H15N3O. The van der Waals surface area contributed by atoms with Crippen molar-refractivity contribution in [3.05, 3.63) is 42.3 Å². The third kappa shape index (κ3) is 1.61. The summed E-state index contributed by atoms with van der Waals surface area (Å²) >= 11 is 0. The van der Waals surface area contributed by atoms with Crippen LogP contribution in [0.25, 0.3) is 16.8 Å². The molecule has 0 unspecified atom stereocenters. The molecule has 3 aromatic rings. The Balaban J connectivity index is 2.26. The van der Waals surface area contributed by atoms with Crippen molar-refractivity contribution in [3.63, 3.8) is 0 Å². The van der Waals surface area contributed by atoms with Crippen molar-refractivity contribution in [2.75, 3.05) is 0 Å². The highest BCUT2D eigenvalue weighted by atomic mass is 16.3. The van der Waals surface area contributed by atoms with Gasteiger partial charge < -0.3 is 8.98 Å². The second kappa shape index (κ2) is 3.98. The van der Waals surface area contributed by atoms with Crippen molar-refractivity contribution in [1.29, 1.82) is 0 Å². The molecule has 0 saturated heterocycles. The number of imidazole rings is 1. The zero-order valence-electron chi connectivity index (χ0n) is 10.7. The summed E-state index contributed by atoms with van der Waals surface area (Å²) in [5.74, 6) is 0.427. The quantitative estimate of drug-likeness (QED) is 0.690. The highest BCUT2D eigenvalue weighted by Crippen LogP contribution is 2.29. The summed E-state index contributed by atoms with van der Waals surface area (Å²) in [5.41, 5.74) is 4.93. The minimum Gasteiger partial charge on any atom is -0.441 e. The number of hydrogen-bond donors (Lipinski definition) is 0. The minimum atomic E-state index is 0.427.